The third-order valence-electron chi connectivity index (χ3n) is 3.18. The van der Waals surface area contributed by atoms with Crippen LogP contribution in [-0.4, -0.2) is 0 Å². The molecule has 0 bridgehead atoms. The minimum Gasteiger partial charge on any atom is -0.135 e. The van der Waals surface area contributed by atoms with Crippen molar-refractivity contribution in [1.29, 1.82) is 0 Å². The first-order chi connectivity index (χ1) is 8.43. The lowest BCUT2D eigenvalue weighted by Crippen LogP contribution is -1.72. The molecule has 0 aliphatic carbocycles. The second kappa shape index (κ2) is 3.31. The smallest absolute Gasteiger partial charge is 0.0434 e. The number of fused-ring (bicyclic) bond motifs is 5. The molecule has 1 heteroatoms. The molecule has 1 radical (unpaired) electrons. The van der Waals surface area contributed by atoms with Gasteiger partial charge in [0, 0.05) is 25.6 Å². The van der Waals surface area contributed by atoms with Crippen molar-refractivity contribution < 1.29 is 0 Å². The van der Waals surface area contributed by atoms with Crippen LogP contribution >= 0.6 is 11.3 Å². The first-order valence-electron chi connectivity index (χ1n) is 5.64. The van der Waals surface area contributed by atoms with Crippen molar-refractivity contribution in [2.45, 2.75) is 0 Å². The lowest BCUT2D eigenvalue weighted by atomic mass is 10.1. The molecule has 0 spiro atoms. The molecule has 1 heterocycles. The topological polar surface area (TPSA) is 0 Å². The predicted molar refractivity (Wildman–Crippen MR) is 75.7 cm³/mol. The highest BCUT2D eigenvalue weighted by atomic mass is 32.1. The van der Waals surface area contributed by atoms with Crippen LogP contribution in [0.2, 0.25) is 0 Å². The quantitative estimate of drug-likeness (QED) is 0.400. The highest BCUT2D eigenvalue weighted by Crippen LogP contribution is 2.37. The maximum absolute atomic E-state index is 3.29. The molecule has 3 aromatic carbocycles. The Hall–Kier alpha value is -1.86. The number of thiophene rings is 1. The summed E-state index contributed by atoms with van der Waals surface area (Å²) >= 11 is 1.87. The number of benzene rings is 3. The van der Waals surface area contributed by atoms with E-state index in [1.807, 2.05) is 17.4 Å². The molecule has 0 aliphatic rings. The molecule has 0 aliphatic heterocycles. The fraction of sp³-hybridized carbons (Fsp3) is 0. The van der Waals surface area contributed by atoms with Gasteiger partial charge < -0.3 is 0 Å². The van der Waals surface area contributed by atoms with Crippen molar-refractivity contribution in [2.75, 3.05) is 0 Å². The van der Waals surface area contributed by atoms with E-state index >= 15 is 0 Å². The summed E-state index contributed by atoms with van der Waals surface area (Å²) in [5.41, 5.74) is 0. The molecule has 4 rings (SSSR count). The highest BCUT2D eigenvalue weighted by molar-refractivity contribution is 7.26. The third-order valence-corrected chi connectivity index (χ3v) is 4.40. The van der Waals surface area contributed by atoms with Crippen LogP contribution < -0.4 is 0 Å². The van der Waals surface area contributed by atoms with Gasteiger partial charge in [-0.25, -0.2) is 0 Å². The zero-order valence-electron chi connectivity index (χ0n) is 9.10. The van der Waals surface area contributed by atoms with Crippen LogP contribution in [-0.2, 0) is 0 Å². The van der Waals surface area contributed by atoms with E-state index in [1.165, 1.54) is 30.9 Å². The summed E-state index contributed by atoms with van der Waals surface area (Å²) in [6, 6.07) is 22.5. The third kappa shape index (κ3) is 1.23. The Morgan fingerprint density at radius 2 is 1.65 bits per heavy atom. The van der Waals surface area contributed by atoms with E-state index < -0.39 is 0 Å². The van der Waals surface area contributed by atoms with Crippen molar-refractivity contribution in [3.8, 4) is 0 Å². The standard InChI is InChI=1S/C16H9S/c1-2-6-12-11(5-1)9-10-14-13-7-3-4-8-15(13)17-16(12)14/h1-4,6-10H. The van der Waals surface area contributed by atoms with E-state index in [-0.39, 0.29) is 0 Å². The summed E-state index contributed by atoms with van der Waals surface area (Å²) in [6.07, 6.45) is 0. The normalized spacial score (nSPS) is 11.5. The maximum atomic E-state index is 3.29. The average Bonchev–Trinajstić information content (AvgIpc) is 2.78. The van der Waals surface area contributed by atoms with Crippen LogP contribution in [0, 0.1) is 6.07 Å². The molecule has 0 unspecified atom stereocenters. The minimum absolute atomic E-state index is 1.20. The highest BCUT2D eigenvalue weighted by Gasteiger charge is 2.06. The van der Waals surface area contributed by atoms with Crippen molar-refractivity contribution in [3.05, 3.63) is 60.7 Å². The van der Waals surface area contributed by atoms with Crippen molar-refractivity contribution >= 4 is 42.3 Å². The molecule has 0 fully saturated rings. The number of hydrogen-bond donors (Lipinski definition) is 0. The summed E-state index contributed by atoms with van der Waals surface area (Å²) in [5.74, 6) is 0. The van der Waals surface area contributed by atoms with Crippen LogP contribution in [0.5, 0.6) is 0 Å². The zero-order valence-corrected chi connectivity index (χ0v) is 9.92. The predicted octanol–water partition coefficient (Wildman–Crippen LogP) is 5.01. The van der Waals surface area contributed by atoms with Crippen LogP contribution in [0.15, 0.2) is 54.6 Å². The van der Waals surface area contributed by atoms with Gasteiger partial charge in [-0.3, -0.25) is 0 Å². The molecule has 0 amide bonds. The van der Waals surface area contributed by atoms with Crippen molar-refractivity contribution in [1.82, 2.24) is 0 Å². The Labute approximate surface area is 103 Å². The average molecular weight is 233 g/mol. The second-order valence-electron chi connectivity index (χ2n) is 4.17. The molecule has 0 N–H and O–H groups in total. The van der Waals surface area contributed by atoms with Gasteiger partial charge in [0.05, 0.1) is 0 Å². The lowest BCUT2D eigenvalue weighted by Gasteiger charge is -1.97. The molecule has 79 valence electrons. The van der Waals surface area contributed by atoms with Gasteiger partial charge in [-0.15, -0.1) is 11.3 Å². The summed E-state index contributed by atoms with van der Waals surface area (Å²) < 4.78 is 2.74. The lowest BCUT2D eigenvalue weighted by molar-refractivity contribution is 1.80. The fourth-order valence-electron chi connectivity index (χ4n) is 2.38. The molecule has 4 aromatic rings. The van der Waals surface area contributed by atoms with E-state index in [0.717, 1.165) is 0 Å². The summed E-state index contributed by atoms with van der Waals surface area (Å²) in [7, 11) is 0. The molecular weight excluding hydrogens is 224 g/mol. The molecular formula is C16H9S. The van der Waals surface area contributed by atoms with Crippen LogP contribution in [0.25, 0.3) is 30.9 Å². The first kappa shape index (κ1) is 9.20. The molecule has 1 aromatic heterocycles. The Bertz CT molecular complexity index is 840. The van der Waals surface area contributed by atoms with Gasteiger partial charge in [-0.05, 0) is 17.5 Å². The first-order valence-corrected chi connectivity index (χ1v) is 6.46. The van der Waals surface area contributed by atoms with Crippen molar-refractivity contribution in [2.24, 2.45) is 0 Å². The fourth-order valence-corrected chi connectivity index (χ4v) is 3.61. The Morgan fingerprint density at radius 3 is 2.65 bits per heavy atom. The molecule has 0 saturated heterocycles. The van der Waals surface area contributed by atoms with E-state index in [9.17, 15) is 0 Å². The number of rotatable bonds is 0. The summed E-state index contributed by atoms with van der Waals surface area (Å²) in [5, 5.41) is 5.23. The van der Waals surface area contributed by atoms with Crippen molar-refractivity contribution in [3.63, 3.8) is 0 Å². The van der Waals surface area contributed by atoms with E-state index in [4.69, 9.17) is 0 Å². The van der Waals surface area contributed by atoms with E-state index in [2.05, 4.69) is 54.6 Å². The van der Waals surface area contributed by atoms with Gasteiger partial charge in [-0.2, -0.15) is 0 Å². The van der Waals surface area contributed by atoms with Gasteiger partial charge >= 0.3 is 0 Å². The van der Waals surface area contributed by atoms with Crippen LogP contribution in [0.1, 0.15) is 0 Å². The van der Waals surface area contributed by atoms with Gasteiger partial charge in [0.1, 0.15) is 0 Å². The maximum Gasteiger partial charge on any atom is 0.0434 e. The monoisotopic (exact) mass is 233 g/mol. The second-order valence-corrected chi connectivity index (χ2v) is 5.22. The van der Waals surface area contributed by atoms with E-state index in [0.29, 0.717) is 0 Å². The zero-order chi connectivity index (χ0) is 11.2. The SMILES string of the molecule is [c]1cccc2c1ccc1c3ccccc3sc21. The van der Waals surface area contributed by atoms with Gasteiger partial charge in [0.2, 0.25) is 0 Å². The Balaban J connectivity index is 2.34. The van der Waals surface area contributed by atoms with Gasteiger partial charge in [0.25, 0.3) is 0 Å². The minimum atomic E-state index is 1.20. The summed E-state index contributed by atoms with van der Waals surface area (Å²) in [6.45, 7) is 0. The molecule has 0 atom stereocenters. The Kier molecular flexibility index (Phi) is 1.79. The van der Waals surface area contributed by atoms with E-state index in [1.54, 1.807) is 0 Å². The van der Waals surface area contributed by atoms with Gasteiger partial charge in [-0.1, -0.05) is 48.5 Å². The van der Waals surface area contributed by atoms with Crippen LogP contribution in [0.4, 0.5) is 0 Å². The van der Waals surface area contributed by atoms with Gasteiger partial charge in [0.15, 0.2) is 0 Å². The van der Waals surface area contributed by atoms with Crippen LogP contribution in [0.3, 0.4) is 0 Å². The molecule has 0 saturated carbocycles. The Morgan fingerprint density at radius 1 is 0.765 bits per heavy atom. The largest absolute Gasteiger partial charge is 0.135 e. The molecule has 0 nitrogen and oxygen atoms in total. The number of hydrogen-bond acceptors (Lipinski definition) is 1. The summed E-state index contributed by atoms with van der Waals surface area (Å²) in [4.78, 5) is 0. The molecule has 17 heavy (non-hydrogen) atoms.